The minimum atomic E-state index is 0. The van der Waals surface area contributed by atoms with Gasteiger partial charge in [-0.3, -0.25) is 0 Å². The summed E-state index contributed by atoms with van der Waals surface area (Å²) in [7, 11) is 0. The van der Waals surface area contributed by atoms with Gasteiger partial charge in [-0.05, 0) is 0 Å². The molecule has 0 atom stereocenters. The van der Waals surface area contributed by atoms with Gasteiger partial charge in [0.2, 0.25) is 0 Å². The third-order valence-corrected chi connectivity index (χ3v) is 0.843. The van der Waals surface area contributed by atoms with Crippen LogP contribution in [0, 0.1) is 0 Å². The van der Waals surface area contributed by atoms with Crippen molar-refractivity contribution >= 4 is 26.2 Å². The summed E-state index contributed by atoms with van der Waals surface area (Å²) in [6.07, 6.45) is 0. The molecule has 0 rings (SSSR count). The Morgan fingerprint density at radius 3 is 1.36 bits per heavy atom. The second-order valence-corrected chi connectivity index (χ2v) is 1.67. The van der Waals surface area contributed by atoms with E-state index in [1.807, 2.05) is 0 Å². The van der Waals surface area contributed by atoms with Gasteiger partial charge in [-0.15, -0.1) is 0 Å². The molecule has 0 unspecified atom stereocenters. The van der Waals surface area contributed by atoms with E-state index in [1.165, 1.54) is 0 Å². The van der Waals surface area contributed by atoms with Crippen molar-refractivity contribution in [2.24, 2.45) is 0 Å². The fourth-order valence-electron chi connectivity index (χ4n) is 0.451. The van der Waals surface area contributed by atoms with Crippen molar-refractivity contribution in [1.29, 1.82) is 0 Å². The molecule has 0 bridgehead atoms. The zero-order valence-electron chi connectivity index (χ0n) is 6.40. The largest absolute Gasteiger partial charge is 0.394 e. The summed E-state index contributed by atoms with van der Waals surface area (Å²) in [6.45, 7) is 1.73. The molecular weight excluding hydrogens is 345 g/mol. The van der Waals surface area contributed by atoms with E-state index < -0.39 is 0 Å². The van der Waals surface area contributed by atoms with Crippen LogP contribution in [-0.4, -0.2) is 76.1 Å². The van der Waals surface area contributed by atoms with Crippen molar-refractivity contribution in [3.05, 3.63) is 0 Å². The van der Waals surface area contributed by atoms with E-state index in [9.17, 15) is 0 Å². The minimum absolute atomic E-state index is 0. The van der Waals surface area contributed by atoms with Gasteiger partial charge < -0.3 is 19.7 Å². The number of ether oxygens (including phenoxy) is 2. The van der Waals surface area contributed by atoms with Crippen LogP contribution in [-0.2, 0) is 9.47 Å². The molecule has 11 heavy (non-hydrogen) atoms. The van der Waals surface area contributed by atoms with Crippen LogP contribution in [0.2, 0.25) is 0 Å². The molecule has 0 fully saturated rings. The summed E-state index contributed by atoms with van der Waals surface area (Å²) in [6, 6.07) is 0. The van der Waals surface area contributed by atoms with E-state index in [0.717, 1.165) is 0 Å². The molecule has 67 valence electrons. The summed E-state index contributed by atoms with van der Waals surface area (Å²) in [5, 5.41) is 16.5. The van der Waals surface area contributed by atoms with Gasteiger partial charge in [-0.1, -0.05) is 0 Å². The molecule has 0 aromatic rings. The quantitative estimate of drug-likeness (QED) is 0.435. The second-order valence-electron chi connectivity index (χ2n) is 1.67. The predicted molar refractivity (Wildman–Crippen MR) is 41.6 cm³/mol. The molecule has 0 aromatic heterocycles. The van der Waals surface area contributed by atoms with Gasteiger partial charge in [0, 0.05) is 26.2 Å². The van der Waals surface area contributed by atoms with Crippen molar-refractivity contribution in [3.8, 4) is 0 Å². The maximum Gasteiger partial charge on any atom is 0.0701 e. The van der Waals surface area contributed by atoms with Gasteiger partial charge in [-0.25, -0.2) is 0 Å². The molecule has 2 N–H and O–H groups in total. The Kier molecular flexibility index (Phi) is 17.3. The van der Waals surface area contributed by atoms with E-state index in [4.69, 9.17) is 19.7 Å². The summed E-state index contributed by atoms with van der Waals surface area (Å²) in [5.74, 6) is 0. The standard InChI is InChI=1S/C6H14O4.Bi/c7-1-3-9-5-6-10-4-2-8;/h7-8H,1-6H2;. The van der Waals surface area contributed by atoms with Crippen molar-refractivity contribution in [2.75, 3.05) is 39.6 Å². The smallest absolute Gasteiger partial charge is 0.0701 e. The Morgan fingerprint density at radius 1 is 0.727 bits per heavy atom. The summed E-state index contributed by atoms with van der Waals surface area (Å²) in [4.78, 5) is 0. The third-order valence-electron chi connectivity index (χ3n) is 0.843. The Balaban J connectivity index is 0. The van der Waals surface area contributed by atoms with Crippen LogP contribution in [0.1, 0.15) is 0 Å². The van der Waals surface area contributed by atoms with E-state index in [-0.39, 0.29) is 39.4 Å². The number of rotatable bonds is 7. The van der Waals surface area contributed by atoms with Crippen LogP contribution < -0.4 is 0 Å². The average molecular weight is 359 g/mol. The van der Waals surface area contributed by atoms with E-state index in [1.54, 1.807) is 0 Å². The van der Waals surface area contributed by atoms with Gasteiger partial charge in [0.1, 0.15) is 0 Å². The fourth-order valence-corrected chi connectivity index (χ4v) is 0.451. The molecule has 0 heterocycles. The summed E-state index contributed by atoms with van der Waals surface area (Å²) in [5.41, 5.74) is 0. The maximum absolute atomic E-state index is 8.26. The SMILES string of the molecule is OCCOCCOCCO.[Bi]. The molecule has 0 spiro atoms. The fraction of sp³-hybridized carbons (Fsp3) is 1.00. The molecular formula is C6H14BiO4. The van der Waals surface area contributed by atoms with Crippen molar-refractivity contribution in [1.82, 2.24) is 0 Å². The number of hydrogen-bond acceptors (Lipinski definition) is 4. The van der Waals surface area contributed by atoms with Crippen molar-refractivity contribution < 1.29 is 19.7 Å². The number of aliphatic hydroxyl groups excluding tert-OH is 2. The Labute approximate surface area is 85.6 Å². The molecule has 0 aliphatic rings. The van der Waals surface area contributed by atoms with Gasteiger partial charge in [0.25, 0.3) is 0 Å². The van der Waals surface area contributed by atoms with Gasteiger partial charge in [0.15, 0.2) is 0 Å². The molecule has 0 saturated carbocycles. The minimum Gasteiger partial charge on any atom is -0.394 e. The molecule has 0 aromatic carbocycles. The van der Waals surface area contributed by atoms with Gasteiger partial charge in [0.05, 0.1) is 39.6 Å². The molecule has 0 saturated heterocycles. The topological polar surface area (TPSA) is 58.9 Å². The molecule has 3 radical (unpaired) electrons. The first-order valence-electron chi connectivity index (χ1n) is 3.29. The monoisotopic (exact) mass is 359 g/mol. The van der Waals surface area contributed by atoms with E-state index in [2.05, 4.69) is 0 Å². The molecule has 5 heteroatoms. The third kappa shape index (κ3) is 13.7. The van der Waals surface area contributed by atoms with Crippen LogP contribution >= 0.6 is 0 Å². The second kappa shape index (κ2) is 13.3. The van der Waals surface area contributed by atoms with E-state index in [0.29, 0.717) is 26.4 Å². The summed E-state index contributed by atoms with van der Waals surface area (Å²) >= 11 is 0. The first-order chi connectivity index (χ1) is 4.91. The Morgan fingerprint density at radius 2 is 1.09 bits per heavy atom. The first kappa shape index (κ1) is 14.3. The maximum atomic E-state index is 8.26. The molecule has 4 nitrogen and oxygen atoms in total. The predicted octanol–water partition coefficient (Wildman–Crippen LogP) is -1.38. The molecule has 0 aliphatic heterocycles. The van der Waals surface area contributed by atoms with Crippen LogP contribution in [0.5, 0.6) is 0 Å². The van der Waals surface area contributed by atoms with Gasteiger partial charge in [-0.2, -0.15) is 0 Å². The van der Waals surface area contributed by atoms with E-state index >= 15 is 0 Å². The Hall–Kier alpha value is 0.723. The normalized spacial score (nSPS) is 9.27. The van der Waals surface area contributed by atoms with Crippen LogP contribution in [0.4, 0.5) is 0 Å². The number of aliphatic hydroxyl groups is 2. The van der Waals surface area contributed by atoms with Crippen LogP contribution in [0.15, 0.2) is 0 Å². The van der Waals surface area contributed by atoms with Crippen LogP contribution in [0.3, 0.4) is 0 Å². The van der Waals surface area contributed by atoms with Gasteiger partial charge >= 0.3 is 0 Å². The molecule has 0 amide bonds. The van der Waals surface area contributed by atoms with Crippen molar-refractivity contribution in [2.45, 2.75) is 0 Å². The summed E-state index contributed by atoms with van der Waals surface area (Å²) < 4.78 is 9.75. The zero-order chi connectivity index (χ0) is 7.66. The van der Waals surface area contributed by atoms with Crippen LogP contribution in [0.25, 0.3) is 0 Å². The molecule has 0 aliphatic carbocycles. The van der Waals surface area contributed by atoms with Crippen molar-refractivity contribution in [3.63, 3.8) is 0 Å². The first-order valence-corrected chi connectivity index (χ1v) is 3.29. The average Bonchev–Trinajstić information content (AvgIpc) is 1.97. The number of hydrogen-bond donors (Lipinski definition) is 2. The Bertz CT molecular complexity index is 54.5. The zero-order valence-corrected chi connectivity index (χ0v) is 9.88.